The van der Waals surface area contributed by atoms with Crippen LogP contribution >= 0.6 is 20.8 Å². The van der Waals surface area contributed by atoms with E-state index in [1.54, 1.807) is 0 Å². The number of hydrogen-bond donors (Lipinski definition) is 0. The van der Waals surface area contributed by atoms with Crippen LogP contribution in [-0.4, -0.2) is 5.24 Å². The van der Waals surface area contributed by atoms with Gasteiger partial charge >= 0.3 is 0 Å². The number of carbonyl (C=O) groups excluding carboxylic acids is 1. The first-order chi connectivity index (χ1) is 5.22. The Morgan fingerprint density at radius 2 is 1.91 bits per heavy atom. The van der Waals surface area contributed by atoms with E-state index in [1.165, 1.54) is 0 Å². The van der Waals surface area contributed by atoms with Crippen molar-refractivity contribution in [1.29, 1.82) is 0 Å². The fraction of sp³-hybridized carbons (Fsp3) is 0.125. The Bertz CT molecular complexity index is 248. The Hall–Kier alpha value is -0.390. The van der Waals surface area contributed by atoms with E-state index in [4.69, 9.17) is 11.6 Å². The maximum atomic E-state index is 10.7. The summed E-state index contributed by atoms with van der Waals surface area (Å²) in [4.78, 5) is 10.7. The molecule has 0 saturated heterocycles. The summed E-state index contributed by atoms with van der Waals surface area (Å²) in [6.07, 6.45) is 0. The molecule has 58 valence electrons. The molecule has 0 radical (unpaired) electrons. The standard InChI is InChI=1S/C8H8ClOP/c9-8(10)7(11)6-4-2-1-3-5-6/h1-5,7H,11H2. The predicted molar refractivity (Wildman–Crippen MR) is 49.8 cm³/mol. The van der Waals surface area contributed by atoms with Crippen LogP contribution in [0.15, 0.2) is 30.3 Å². The summed E-state index contributed by atoms with van der Waals surface area (Å²) < 4.78 is 0. The number of carbonyl (C=O) groups is 1. The summed E-state index contributed by atoms with van der Waals surface area (Å²) in [6.45, 7) is 0. The first-order valence-electron chi connectivity index (χ1n) is 3.21. The second-order valence-electron chi connectivity index (χ2n) is 2.19. The van der Waals surface area contributed by atoms with Gasteiger partial charge in [-0.2, -0.15) is 0 Å². The van der Waals surface area contributed by atoms with Crippen LogP contribution in [0.3, 0.4) is 0 Å². The molecule has 1 aromatic carbocycles. The van der Waals surface area contributed by atoms with Crippen LogP contribution in [0.5, 0.6) is 0 Å². The van der Waals surface area contributed by atoms with Crippen molar-refractivity contribution in [3.05, 3.63) is 35.9 Å². The molecule has 1 rings (SSSR count). The molecule has 2 atom stereocenters. The third-order valence-electron chi connectivity index (χ3n) is 1.40. The van der Waals surface area contributed by atoms with Gasteiger partial charge in [-0.15, -0.1) is 9.24 Å². The summed E-state index contributed by atoms with van der Waals surface area (Å²) in [5, 5.41) is -0.346. The molecule has 11 heavy (non-hydrogen) atoms. The number of rotatable bonds is 2. The molecular formula is C8H8ClOP. The summed E-state index contributed by atoms with van der Waals surface area (Å²) in [5.74, 6) is 0. The summed E-state index contributed by atoms with van der Waals surface area (Å²) in [7, 11) is 2.41. The molecule has 0 fully saturated rings. The molecule has 0 spiro atoms. The highest BCUT2D eigenvalue weighted by molar-refractivity contribution is 7.20. The zero-order chi connectivity index (χ0) is 8.27. The molecule has 3 heteroatoms. The van der Waals surface area contributed by atoms with Gasteiger partial charge in [0.1, 0.15) is 0 Å². The van der Waals surface area contributed by atoms with Gasteiger partial charge in [-0.05, 0) is 17.2 Å². The van der Waals surface area contributed by atoms with Gasteiger partial charge in [0.2, 0.25) is 5.24 Å². The van der Waals surface area contributed by atoms with Crippen molar-refractivity contribution in [2.45, 2.75) is 5.66 Å². The molecule has 0 aliphatic rings. The van der Waals surface area contributed by atoms with Crippen molar-refractivity contribution >= 4 is 26.1 Å². The van der Waals surface area contributed by atoms with Crippen LogP contribution in [0.4, 0.5) is 0 Å². The van der Waals surface area contributed by atoms with Crippen molar-refractivity contribution in [3.63, 3.8) is 0 Å². The molecule has 0 amide bonds. The molecule has 1 nitrogen and oxygen atoms in total. The van der Waals surface area contributed by atoms with E-state index in [-0.39, 0.29) is 10.9 Å². The third kappa shape index (κ3) is 2.28. The second kappa shape index (κ2) is 3.85. The Labute approximate surface area is 73.0 Å². The number of benzene rings is 1. The lowest BCUT2D eigenvalue weighted by Crippen LogP contribution is -1.96. The van der Waals surface area contributed by atoms with E-state index in [9.17, 15) is 4.79 Å². The molecular weight excluding hydrogens is 179 g/mol. The van der Waals surface area contributed by atoms with Crippen LogP contribution in [-0.2, 0) is 4.79 Å². The second-order valence-corrected chi connectivity index (χ2v) is 3.23. The van der Waals surface area contributed by atoms with Crippen molar-refractivity contribution in [3.8, 4) is 0 Å². The van der Waals surface area contributed by atoms with E-state index in [1.807, 2.05) is 30.3 Å². The van der Waals surface area contributed by atoms with Crippen molar-refractivity contribution in [2.75, 3.05) is 0 Å². The van der Waals surface area contributed by atoms with Gasteiger partial charge in [-0.3, -0.25) is 4.79 Å². The Kier molecular flexibility index (Phi) is 3.04. The maximum absolute atomic E-state index is 10.7. The Balaban J connectivity index is 2.85. The van der Waals surface area contributed by atoms with Crippen LogP contribution in [0.25, 0.3) is 0 Å². The summed E-state index contributed by atoms with van der Waals surface area (Å²) in [5.41, 5.74) is 0.648. The monoisotopic (exact) mass is 186 g/mol. The van der Waals surface area contributed by atoms with Crippen LogP contribution in [0.1, 0.15) is 11.2 Å². The zero-order valence-electron chi connectivity index (χ0n) is 5.83. The highest BCUT2D eigenvalue weighted by Crippen LogP contribution is 2.24. The van der Waals surface area contributed by atoms with E-state index in [0.29, 0.717) is 0 Å². The minimum atomic E-state index is -0.346. The molecule has 0 aliphatic heterocycles. The van der Waals surface area contributed by atoms with Crippen LogP contribution in [0.2, 0.25) is 0 Å². The van der Waals surface area contributed by atoms with Crippen molar-refractivity contribution in [1.82, 2.24) is 0 Å². The van der Waals surface area contributed by atoms with Crippen molar-refractivity contribution < 1.29 is 4.79 Å². The van der Waals surface area contributed by atoms with Gasteiger partial charge in [0.15, 0.2) is 0 Å². The minimum Gasteiger partial charge on any atom is -0.280 e. The van der Waals surface area contributed by atoms with Gasteiger partial charge in [0.25, 0.3) is 0 Å². The van der Waals surface area contributed by atoms with Gasteiger partial charge in [-0.1, -0.05) is 30.3 Å². The maximum Gasteiger partial charge on any atom is 0.232 e. The first-order valence-corrected chi connectivity index (χ1v) is 4.26. The quantitative estimate of drug-likeness (QED) is 0.512. The summed E-state index contributed by atoms with van der Waals surface area (Å²) >= 11 is 5.30. The molecule has 0 saturated carbocycles. The lowest BCUT2D eigenvalue weighted by Gasteiger charge is -2.04. The molecule has 0 heterocycles. The lowest BCUT2D eigenvalue weighted by molar-refractivity contribution is -0.111. The average Bonchev–Trinajstić information content (AvgIpc) is 2.05. The van der Waals surface area contributed by atoms with Crippen molar-refractivity contribution in [2.24, 2.45) is 0 Å². The number of hydrogen-bond acceptors (Lipinski definition) is 1. The predicted octanol–water partition coefficient (Wildman–Crippen LogP) is 2.37. The minimum absolute atomic E-state index is 0.280. The molecule has 1 aromatic rings. The van der Waals surface area contributed by atoms with E-state index >= 15 is 0 Å². The molecule has 0 aliphatic carbocycles. The molecule has 0 aromatic heterocycles. The van der Waals surface area contributed by atoms with Gasteiger partial charge in [-0.25, -0.2) is 0 Å². The van der Waals surface area contributed by atoms with Gasteiger partial charge in [0, 0.05) is 0 Å². The summed E-state index contributed by atoms with van der Waals surface area (Å²) in [6, 6.07) is 9.41. The van der Waals surface area contributed by atoms with Gasteiger partial charge < -0.3 is 0 Å². The topological polar surface area (TPSA) is 17.1 Å². The average molecular weight is 187 g/mol. The SMILES string of the molecule is O=C(Cl)C(P)c1ccccc1. The first kappa shape index (κ1) is 8.70. The Morgan fingerprint density at radius 3 is 2.36 bits per heavy atom. The highest BCUT2D eigenvalue weighted by Gasteiger charge is 2.10. The largest absolute Gasteiger partial charge is 0.280 e. The molecule has 0 N–H and O–H groups in total. The molecule has 0 bridgehead atoms. The fourth-order valence-corrected chi connectivity index (χ4v) is 1.14. The molecule has 2 unspecified atom stereocenters. The fourth-order valence-electron chi connectivity index (χ4n) is 0.791. The highest BCUT2D eigenvalue weighted by atomic mass is 35.5. The van der Waals surface area contributed by atoms with E-state index in [2.05, 4.69) is 9.24 Å². The van der Waals surface area contributed by atoms with Gasteiger partial charge in [0.05, 0.1) is 5.66 Å². The van der Waals surface area contributed by atoms with Crippen LogP contribution in [0, 0.1) is 0 Å². The zero-order valence-corrected chi connectivity index (χ0v) is 7.74. The lowest BCUT2D eigenvalue weighted by atomic mass is 10.2. The smallest absolute Gasteiger partial charge is 0.232 e. The van der Waals surface area contributed by atoms with Crippen LogP contribution < -0.4 is 0 Å². The normalized spacial score (nSPS) is 12.5. The van der Waals surface area contributed by atoms with E-state index < -0.39 is 0 Å². The van der Waals surface area contributed by atoms with E-state index in [0.717, 1.165) is 5.56 Å². The number of halogens is 1. The Morgan fingerprint density at radius 1 is 1.36 bits per heavy atom. The third-order valence-corrected chi connectivity index (χ3v) is 2.54.